The van der Waals surface area contributed by atoms with E-state index in [2.05, 4.69) is 0 Å². The number of benzene rings is 1. The molecule has 0 radical (unpaired) electrons. The van der Waals surface area contributed by atoms with Crippen molar-refractivity contribution in [1.82, 2.24) is 0 Å². The monoisotopic (exact) mass is 215 g/mol. The minimum Gasteiger partial charge on any atom is -0.496 e. The molecule has 1 fully saturated rings. The quantitative estimate of drug-likeness (QED) is 0.823. The summed E-state index contributed by atoms with van der Waals surface area (Å²) in [6, 6.07) is 3.12. The molecule has 2 N–H and O–H groups in total. The van der Waals surface area contributed by atoms with E-state index in [0.717, 1.165) is 12.8 Å². The molecule has 0 heterocycles. The Kier molecular flexibility index (Phi) is 2.16. The lowest BCUT2D eigenvalue weighted by Gasteiger charge is -2.15. The average Bonchev–Trinajstić information content (AvgIpc) is 2.89. The number of hydrogen-bond acceptors (Lipinski definition) is 2. The number of ether oxygens (including phenoxy) is 1. The summed E-state index contributed by atoms with van der Waals surface area (Å²) in [5, 5.41) is 0.0949. The van der Waals surface area contributed by atoms with Crippen LogP contribution in [0.2, 0.25) is 5.02 Å². The summed E-state index contributed by atoms with van der Waals surface area (Å²) in [4.78, 5) is 0. The van der Waals surface area contributed by atoms with Crippen LogP contribution in [0, 0.1) is 5.82 Å². The third-order valence-corrected chi connectivity index (χ3v) is 2.85. The van der Waals surface area contributed by atoms with Gasteiger partial charge in [-0.3, -0.25) is 0 Å². The first kappa shape index (κ1) is 9.74. The van der Waals surface area contributed by atoms with Gasteiger partial charge in [0.05, 0.1) is 17.7 Å². The number of halogens is 2. The van der Waals surface area contributed by atoms with Gasteiger partial charge in [-0.05, 0) is 25.0 Å². The van der Waals surface area contributed by atoms with Crippen molar-refractivity contribution >= 4 is 11.6 Å². The highest BCUT2D eigenvalue weighted by molar-refractivity contribution is 6.30. The molecule has 0 aliphatic heterocycles. The van der Waals surface area contributed by atoms with E-state index in [1.165, 1.54) is 13.2 Å². The molecule has 1 aromatic rings. The summed E-state index contributed by atoms with van der Waals surface area (Å²) >= 11 is 5.69. The molecular weight excluding hydrogens is 205 g/mol. The summed E-state index contributed by atoms with van der Waals surface area (Å²) in [6.07, 6.45) is 1.56. The average molecular weight is 216 g/mol. The van der Waals surface area contributed by atoms with E-state index in [9.17, 15) is 4.39 Å². The van der Waals surface area contributed by atoms with Gasteiger partial charge in [0.25, 0.3) is 0 Å². The molecule has 1 aliphatic rings. The molecule has 14 heavy (non-hydrogen) atoms. The van der Waals surface area contributed by atoms with Crippen molar-refractivity contribution in [2.75, 3.05) is 7.11 Å². The summed E-state index contributed by atoms with van der Waals surface area (Å²) in [6.45, 7) is 0. The van der Waals surface area contributed by atoms with Gasteiger partial charge in [0.1, 0.15) is 5.75 Å². The first-order valence-electron chi connectivity index (χ1n) is 4.40. The predicted molar refractivity (Wildman–Crippen MR) is 53.1 cm³/mol. The van der Waals surface area contributed by atoms with E-state index < -0.39 is 11.4 Å². The summed E-state index contributed by atoms with van der Waals surface area (Å²) in [7, 11) is 1.50. The zero-order valence-electron chi connectivity index (χ0n) is 7.81. The number of hydrogen-bond donors (Lipinski definition) is 1. The molecule has 0 atom stereocenters. The van der Waals surface area contributed by atoms with E-state index in [1.807, 2.05) is 0 Å². The highest BCUT2D eigenvalue weighted by Crippen LogP contribution is 2.48. The molecule has 1 saturated carbocycles. The number of methoxy groups -OCH3 is 1. The second-order valence-electron chi connectivity index (χ2n) is 3.59. The van der Waals surface area contributed by atoms with Crippen LogP contribution in [-0.2, 0) is 5.54 Å². The molecule has 0 saturated heterocycles. The van der Waals surface area contributed by atoms with Gasteiger partial charge in [-0.15, -0.1) is 0 Å². The maximum absolute atomic E-state index is 13.7. The molecule has 2 nitrogen and oxygen atoms in total. The minimum atomic E-state index is -0.569. The molecule has 0 bridgehead atoms. The first-order valence-corrected chi connectivity index (χ1v) is 4.77. The molecule has 2 rings (SSSR count). The fourth-order valence-corrected chi connectivity index (χ4v) is 1.71. The van der Waals surface area contributed by atoms with Crippen LogP contribution in [-0.4, -0.2) is 7.11 Å². The third-order valence-electron chi connectivity index (χ3n) is 2.56. The number of rotatable bonds is 2. The molecule has 0 amide bonds. The van der Waals surface area contributed by atoms with Crippen LogP contribution < -0.4 is 10.5 Å². The second kappa shape index (κ2) is 3.11. The Morgan fingerprint density at radius 1 is 1.50 bits per heavy atom. The topological polar surface area (TPSA) is 35.2 Å². The maximum atomic E-state index is 13.7. The molecule has 0 unspecified atom stereocenters. The van der Waals surface area contributed by atoms with E-state index in [4.69, 9.17) is 22.1 Å². The van der Waals surface area contributed by atoms with E-state index in [-0.39, 0.29) is 5.02 Å². The first-order chi connectivity index (χ1) is 6.58. The van der Waals surface area contributed by atoms with E-state index in [0.29, 0.717) is 11.3 Å². The van der Waals surface area contributed by atoms with Crippen molar-refractivity contribution in [3.8, 4) is 5.75 Å². The van der Waals surface area contributed by atoms with Crippen LogP contribution in [0.5, 0.6) is 5.75 Å². The highest BCUT2D eigenvalue weighted by atomic mass is 35.5. The lowest BCUT2D eigenvalue weighted by Crippen LogP contribution is -2.21. The number of nitrogens with two attached hydrogens (primary N) is 1. The SMILES string of the molecule is COc1ccc(Cl)c(F)c1C1(N)CC1. The van der Waals surface area contributed by atoms with Crippen LogP contribution >= 0.6 is 11.6 Å². The lowest BCUT2D eigenvalue weighted by molar-refractivity contribution is 0.397. The van der Waals surface area contributed by atoms with Gasteiger partial charge in [-0.25, -0.2) is 4.39 Å². The Morgan fingerprint density at radius 3 is 2.64 bits per heavy atom. The van der Waals surface area contributed by atoms with Gasteiger partial charge in [0.15, 0.2) is 5.82 Å². The van der Waals surface area contributed by atoms with Crippen LogP contribution in [0.1, 0.15) is 18.4 Å². The standard InChI is InChI=1S/C10H11ClFNO/c1-14-7-3-2-6(11)9(12)8(7)10(13)4-5-10/h2-3H,4-5,13H2,1H3. The third kappa shape index (κ3) is 1.37. The molecule has 1 aromatic carbocycles. The molecule has 76 valence electrons. The van der Waals surface area contributed by atoms with Crippen LogP contribution in [0.3, 0.4) is 0 Å². The summed E-state index contributed by atoms with van der Waals surface area (Å²) < 4.78 is 18.8. The second-order valence-corrected chi connectivity index (χ2v) is 4.00. The maximum Gasteiger partial charge on any atom is 0.150 e. The Balaban J connectivity index is 2.59. The van der Waals surface area contributed by atoms with E-state index in [1.54, 1.807) is 6.07 Å². The van der Waals surface area contributed by atoms with Crippen LogP contribution in [0.4, 0.5) is 4.39 Å². The van der Waals surface area contributed by atoms with Crippen molar-refractivity contribution < 1.29 is 9.13 Å². The molecular formula is C10H11ClFNO. The van der Waals surface area contributed by atoms with Gasteiger partial charge in [0, 0.05) is 5.54 Å². The van der Waals surface area contributed by atoms with Gasteiger partial charge in [-0.2, -0.15) is 0 Å². The molecule has 0 aromatic heterocycles. The highest BCUT2D eigenvalue weighted by Gasteiger charge is 2.44. The van der Waals surface area contributed by atoms with Crippen LogP contribution in [0.15, 0.2) is 12.1 Å². The van der Waals surface area contributed by atoms with Gasteiger partial charge < -0.3 is 10.5 Å². The zero-order valence-corrected chi connectivity index (χ0v) is 8.57. The largest absolute Gasteiger partial charge is 0.496 e. The predicted octanol–water partition coefficient (Wildman–Crippen LogP) is 2.44. The van der Waals surface area contributed by atoms with Crippen molar-refractivity contribution in [2.24, 2.45) is 5.73 Å². The van der Waals surface area contributed by atoms with Crippen LogP contribution in [0.25, 0.3) is 0 Å². The molecule has 1 aliphatic carbocycles. The summed E-state index contributed by atoms with van der Waals surface area (Å²) in [5.41, 5.74) is 5.78. The minimum absolute atomic E-state index is 0.0949. The van der Waals surface area contributed by atoms with Gasteiger partial charge in [-0.1, -0.05) is 11.6 Å². The van der Waals surface area contributed by atoms with Crippen molar-refractivity contribution in [3.63, 3.8) is 0 Å². The fraction of sp³-hybridized carbons (Fsp3) is 0.400. The van der Waals surface area contributed by atoms with Gasteiger partial charge in [0.2, 0.25) is 0 Å². The van der Waals surface area contributed by atoms with Crippen molar-refractivity contribution in [3.05, 3.63) is 28.5 Å². The normalized spacial score (nSPS) is 18.0. The van der Waals surface area contributed by atoms with E-state index >= 15 is 0 Å². The van der Waals surface area contributed by atoms with Crippen molar-refractivity contribution in [1.29, 1.82) is 0 Å². The Bertz CT molecular complexity index is 377. The Labute approximate surface area is 86.8 Å². The summed E-state index contributed by atoms with van der Waals surface area (Å²) in [5.74, 6) is 0.0258. The zero-order chi connectivity index (χ0) is 10.3. The Morgan fingerprint density at radius 2 is 2.14 bits per heavy atom. The molecule has 0 spiro atoms. The smallest absolute Gasteiger partial charge is 0.150 e. The lowest BCUT2D eigenvalue weighted by atomic mass is 10.0. The van der Waals surface area contributed by atoms with Crippen molar-refractivity contribution in [2.45, 2.75) is 18.4 Å². The fourth-order valence-electron chi connectivity index (χ4n) is 1.55. The Hall–Kier alpha value is -0.800. The molecule has 4 heteroatoms. The van der Waals surface area contributed by atoms with Gasteiger partial charge >= 0.3 is 0 Å².